The number of aryl methyl sites for hydroxylation is 1. The first kappa shape index (κ1) is 23.8. The van der Waals surface area contributed by atoms with E-state index in [9.17, 15) is 9.59 Å². The highest BCUT2D eigenvalue weighted by Gasteiger charge is 2.25. The smallest absolute Gasteiger partial charge is 0.254 e. The van der Waals surface area contributed by atoms with Gasteiger partial charge in [-0.3, -0.25) is 9.59 Å². The molecule has 5 heteroatoms. The molecule has 0 unspecified atom stereocenters. The Bertz CT molecular complexity index is 907. The van der Waals surface area contributed by atoms with E-state index in [2.05, 4.69) is 38.2 Å². The molecule has 0 aliphatic carbocycles. The van der Waals surface area contributed by atoms with Gasteiger partial charge in [0.15, 0.2) is 0 Å². The summed E-state index contributed by atoms with van der Waals surface area (Å²) in [6.45, 7) is 10.4. The summed E-state index contributed by atoms with van der Waals surface area (Å²) in [6, 6.07) is 16.0. The van der Waals surface area contributed by atoms with Crippen LogP contribution in [0.15, 0.2) is 48.5 Å². The van der Waals surface area contributed by atoms with Crippen LogP contribution < -0.4 is 10.1 Å². The summed E-state index contributed by atoms with van der Waals surface area (Å²) >= 11 is 0. The summed E-state index contributed by atoms with van der Waals surface area (Å²) in [6.07, 6.45) is 2.71. The molecule has 3 rings (SSSR count). The summed E-state index contributed by atoms with van der Waals surface area (Å²) in [5, 5.41) is 3.12. The highest BCUT2D eigenvalue weighted by atomic mass is 16.5. The van der Waals surface area contributed by atoms with Crippen LogP contribution >= 0.6 is 0 Å². The molecule has 5 nitrogen and oxygen atoms in total. The van der Waals surface area contributed by atoms with Crippen LogP contribution in [0.3, 0.4) is 0 Å². The molecule has 0 aromatic heterocycles. The van der Waals surface area contributed by atoms with Crippen LogP contribution in [0.25, 0.3) is 0 Å². The van der Waals surface area contributed by atoms with Crippen LogP contribution in [0.5, 0.6) is 5.75 Å². The second kappa shape index (κ2) is 10.7. The average Bonchev–Trinajstić information content (AvgIpc) is 2.77. The van der Waals surface area contributed by atoms with E-state index < -0.39 is 0 Å². The van der Waals surface area contributed by atoms with Crippen molar-refractivity contribution in [1.82, 2.24) is 10.2 Å². The molecule has 1 saturated heterocycles. The first-order valence-corrected chi connectivity index (χ1v) is 11.6. The highest BCUT2D eigenvalue weighted by Crippen LogP contribution is 2.24. The van der Waals surface area contributed by atoms with Gasteiger partial charge in [-0.25, -0.2) is 0 Å². The fourth-order valence-corrected chi connectivity index (χ4v) is 3.98. The summed E-state index contributed by atoms with van der Waals surface area (Å²) in [5.74, 6) is 0.977. The zero-order chi connectivity index (χ0) is 23.1. The monoisotopic (exact) mass is 436 g/mol. The van der Waals surface area contributed by atoms with Gasteiger partial charge in [-0.05, 0) is 60.9 Å². The molecule has 0 bridgehead atoms. The van der Waals surface area contributed by atoms with Crippen LogP contribution in [0, 0.1) is 6.92 Å². The van der Waals surface area contributed by atoms with Crippen molar-refractivity contribution in [3.63, 3.8) is 0 Å². The zero-order valence-corrected chi connectivity index (χ0v) is 19.8. The maximum absolute atomic E-state index is 12.7. The molecule has 0 radical (unpaired) electrons. The highest BCUT2D eigenvalue weighted by molar-refractivity contribution is 5.95. The first-order chi connectivity index (χ1) is 15.2. The second-order valence-electron chi connectivity index (χ2n) is 9.68. The third-order valence-electron chi connectivity index (χ3n) is 6.06. The van der Waals surface area contributed by atoms with Crippen molar-refractivity contribution >= 4 is 11.8 Å². The third kappa shape index (κ3) is 6.59. The lowest BCUT2D eigenvalue weighted by Crippen LogP contribution is -2.46. The van der Waals surface area contributed by atoms with Crippen molar-refractivity contribution in [2.45, 2.75) is 64.8 Å². The molecule has 1 fully saturated rings. The Morgan fingerprint density at radius 2 is 1.69 bits per heavy atom. The number of ether oxygens (including phenoxy) is 1. The number of hydrogen-bond donors (Lipinski definition) is 1. The van der Waals surface area contributed by atoms with E-state index in [0.29, 0.717) is 32.5 Å². The molecular formula is C27H36N2O3. The predicted octanol–water partition coefficient (Wildman–Crippen LogP) is 4.87. The van der Waals surface area contributed by atoms with Crippen LogP contribution in [0.1, 0.15) is 67.9 Å². The van der Waals surface area contributed by atoms with Crippen molar-refractivity contribution in [3.8, 4) is 5.75 Å². The van der Waals surface area contributed by atoms with E-state index in [1.807, 2.05) is 48.2 Å². The normalized spacial score (nSPS) is 14.8. The van der Waals surface area contributed by atoms with Crippen LogP contribution in [0.4, 0.5) is 0 Å². The van der Waals surface area contributed by atoms with Gasteiger partial charge in [0.25, 0.3) is 5.91 Å². The van der Waals surface area contributed by atoms with E-state index in [1.54, 1.807) is 0 Å². The Balaban J connectivity index is 1.34. The summed E-state index contributed by atoms with van der Waals surface area (Å²) in [7, 11) is 0. The molecule has 1 N–H and O–H groups in total. The van der Waals surface area contributed by atoms with Gasteiger partial charge >= 0.3 is 0 Å². The van der Waals surface area contributed by atoms with Crippen molar-refractivity contribution in [1.29, 1.82) is 0 Å². The molecule has 172 valence electrons. The first-order valence-electron chi connectivity index (χ1n) is 11.6. The average molecular weight is 437 g/mol. The van der Waals surface area contributed by atoms with E-state index in [0.717, 1.165) is 29.7 Å². The Kier molecular flexibility index (Phi) is 7.94. The van der Waals surface area contributed by atoms with E-state index in [-0.39, 0.29) is 23.3 Å². The maximum atomic E-state index is 12.7. The SMILES string of the molecule is Cc1ccccc1C(=O)N1CCC(NC(=O)CCCOc2ccc(C(C)(C)C)cc2)CC1. The Labute approximate surface area is 192 Å². The second-order valence-corrected chi connectivity index (χ2v) is 9.68. The molecule has 32 heavy (non-hydrogen) atoms. The largest absolute Gasteiger partial charge is 0.494 e. The van der Waals surface area contributed by atoms with E-state index >= 15 is 0 Å². The number of hydrogen-bond acceptors (Lipinski definition) is 3. The number of carbonyl (C=O) groups excluding carboxylic acids is 2. The quantitative estimate of drug-likeness (QED) is 0.630. The minimum absolute atomic E-state index is 0.0559. The molecule has 1 heterocycles. The molecule has 0 spiro atoms. The van der Waals surface area contributed by atoms with Gasteiger partial charge in [0.2, 0.25) is 5.91 Å². The minimum atomic E-state index is 0.0559. The Morgan fingerprint density at radius 3 is 2.31 bits per heavy atom. The summed E-state index contributed by atoms with van der Waals surface area (Å²) in [4.78, 5) is 26.9. The van der Waals surface area contributed by atoms with Gasteiger partial charge in [0.1, 0.15) is 5.75 Å². The standard InChI is InChI=1S/C27H36N2O3/c1-20-8-5-6-9-24(20)26(31)29-17-15-22(16-18-29)28-25(30)10-7-19-32-23-13-11-21(12-14-23)27(2,3)4/h5-6,8-9,11-14,22H,7,10,15-19H2,1-4H3,(H,28,30). The van der Waals surface area contributed by atoms with Gasteiger partial charge in [0, 0.05) is 31.1 Å². The minimum Gasteiger partial charge on any atom is -0.494 e. The summed E-state index contributed by atoms with van der Waals surface area (Å²) < 4.78 is 5.78. The van der Waals surface area contributed by atoms with Gasteiger partial charge in [0.05, 0.1) is 6.61 Å². The molecule has 0 atom stereocenters. The van der Waals surface area contributed by atoms with Crippen molar-refractivity contribution in [3.05, 3.63) is 65.2 Å². The Hall–Kier alpha value is -2.82. The van der Waals surface area contributed by atoms with Crippen LogP contribution in [0.2, 0.25) is 0 Å². The lowest BCUT2D eigenvalue weighted by Gasteiger charge is -2.32. The number of likely N-dealkylation sites (tertiary alicyclic amines) is 1. The van der Waals surface area contributed by atoms with Crippen LogP contribution in [-0.2, 0) is 10.2 Å². The van der Waals surface area contributed by atoms with E-state index in [1.165, 1.54) is 5.56 Å². The number of nitrogens with zero attached hydrogens (tertiary/aromatic N) is 1. The van der Waals surface area contributed by atoms with Crippen molar-refractivity contribution in [2.24, 2.45) is 0 Å². The third-order valence-corrected chi connectivity index (χ3v) is 6.06. The number of carbonyl (C=O) groups is 2. The number of amides is 2. The van der Waals surface area contributed by atoms with Crippen molar-refractivity contribution in [2.75, 3.05) is 19.7 Å². The number of rotatable bonds is 7. The molecule has 1 aliphatic heterocycles. The predicted molar refractivity (Wildman–Crippen MR) is 128 cm³/mol. The molecule has 2 aromatic carbocycles. The zero-order valence-electron chi connectivity index (χ0n) is 19.8. The van der Waals surface area contributed by atoms with Gasteiger partial charge in [-0.2, -0.15) is 0 Å². The van der Waals surface area contributed by atoms with Gasteiger partial charge in [-0.1, -0.05) is 51.1 Å². The molecule has 2 amide bonds. The van der Waals surface area contributed by atoms with Crippen molar-refractivity contribution < 1.29 is 14.3 Å². The van der Waals surface area contributed by atoms with Crippen LogP contribution in [-0.4, -0.2) is 42.5 Å². The number of benzene rings is 2. The fourth-order valence-electron chi connectivity index (χ4n) is 3.98. The maximum Gasteiger partial charge on any atom is 0.254 e. The van der Waals surface area contributed by atoms with Gasteiger partial charge in [-0.15, -0.1) is 0 Å². The molecular weight excluding hydrogens is 400 g/mol. The lowest BCUT2D eigenvalue weighted by atomic mass is 9.87. The topological polar surface area (TPSA) is 58.6 Å². The Morgan fingerprint density at radius 1 is 1.03 bits per heavy atom. The summed E-state index contributed by atoms with van der Waals surface area (Å²) in [5.41, 5.74) is 3.17. The molecule has 0 saturated carbocycles. The van der Waals surface area contributed by atoms with Gasteiger partial charge < -0.3 is 15.0 Å². The van der Waals surface area contributed by atoms with E-state index in [4.69, 9.17) is 4.74 Å². The number of piperidine rings is 1. The molecule has 1 aliphatic rings. The lowest BCUT2D eigenvalue weighted by molar-refractivity contribution is -0.122. The fraction of sp³-hybridized carbons (Fsp3) is 0.481. The number of nitrogens with one attached hydrogen (secondary N) is 1. The molecule has 2 aromatic rings.